The zero-order chi connectivity index (χ0) is 20.5. The van der Waals surface area contributed by atoms with Crippen molar-refractivity contribution in [1.82, 2.24) is 0 Å². The second kappa shape index (κ2) is 7.79. The van der Waals surface area contributed by atoms with Gasteiger partial charge in [-0.25, -0.2) is 4.79 Å². The smallest absolute Gasteiger partial charge is 0.341 e. The largest absolute Gasteiger partial charge is 0.462 e. The lowest BCUT2D eigenvalue weighted by Crippen LogP contribution is -2.28. The van der Waals surface area contributed by atoms with Gasteiger partial charge in [0, 0.05) is 23.3 Å². The lowest BCUT2D eigenvalue weighted by Gasteiger charge is -2.15. The molecule has 8 heteroatoms. The van der Waals surface area contributed by atoms with Gasteiger partial charge < -0.3 is 10.1 Å². The predicted molar refractivity (Wildman–Crippen MR) is 108 cm³/mol. The maximum absolute atomic E-state index is 12.9. The molecule has 3 amide bonds. The molecule has 2 heterocycles. The number of amides is 3. The minimum atomic E-state index is -0.427. The Morgan fingerprint density at radius 1 is 1.14 bits per heavy atom. The summed E-state index contributed by atoms with van der Waals surface area (Å²) in [4.78, 5) is 51.5. The van der Waals surface area contributed by atoms with Gasteiger partial charge in [-0.3, -0.25) is 19.3 Å². The molecule has 1 fully saturated rings. The molecule has 4 rings (SSSR count). The van der Waals surface area contributed by atoms with E-state index in [1.807, 2.05) is 0 Å². The van der Waals surface area contributed by atoms with E-state index in [1.54, 1.807) is 25.1 Å². The third-order valence-electron chi connectivity index (χ3n) is 5.05. The summed E-state index contributed by atoms with van der Waals surface area (Å²) in [6, 6.07) is 6.38. The Hall–Kier alpha value is -3.00. The van der Waals surface area contributed by atoms with Crippen LogP contribution in [0, 0.1) is 0 Å². The Morgan fingerprint density at radius 3 is 2.62 bits per heavy atom. The van der Waals surface area contributed by atoms with E-state index in [2.05, 4.69) is 5.32 Å². The fraction of sp³-hybridized carbons (Fsp3) is 0.333. The molecule has 7 nitrogen and oxygen atoms in total. The van der Waals surface area contributed by atoms with Crippen LogP contribution in [0.2, 0.25) is 0 Å². The van der Waals surface area contributed by atoms with E-state index in [9.17, 15) is 19.2 Å². The molecule has 1 saturated heterocycles. The van der Waals surface area contributed by atoms with Crippen LogP contribution in [-0.2, 0) is 27.2 Å². The lowest BCUT2D eigenvalue weighted by atomic mass is 10.1. The first kappa shape index (κ1) is 19.3. The van der Waals surface area contributed by atoms with Gasteiger partial charge in [0.05, 0.1) is 17.9 Å². The maximum Gasteiger partial charge on any atom is 0.341 e. The Morgan fingerprint density at radius 2 is 1.90 bits per heavy atom. The Labute approximate surface area is 171 Å². The molecule has 0 spiro atoms. The summed E-state index contributed by atoms with van der Waals surface area (Å²) in [5.41, 5.74) is 2.09. The predicted octanol–water partition coefficient (Wildman–Crippen LogP) is 3.32. The van der Waals surface area contributed by atoms with Gasteiger partial charge in [-0.05, 0) is 49.9 Å². The average molecular weight is 412 g/mol. The highest BCUT2D eigenvalue weighted by molar-refractivity contribution is 7.17. The highest BCUT2D eigenvalue weighted by Gasteiger charge is 2.31. The monoisotopic (exact) mass is 412 g/mol. The summed E-state index contributed by atoms with van der Waals surface area (Å²) < 4.78 is 5.18. The van der Waals surface area contributed by atoms with Crippen LogP contribution in [-0.4, -0.2) is 30.3 Å². The van der Waals surface area contributed by atoms with Crippen molar-refractivity contribution in [3.8, 4) is 0 Å². The van der Waals surface area contributed by atoms with Crippen LogP contribution < -0.4 is 10.2 Å². The van der Waals surface area contributed by atoms with E-state index in [1.165, 1.54) is 17.4 Å². The van der Waals surface area contributed by atoms with Gasteiger partial charge in [-0.2, -0.15) is 0 Å². The van der Waals surface area contributed by atoms with Crippen LogP contribution in [0.15, 0.2) is 24.3 Å². The molecule has 0 unspecified atom stereocenters. The number of imide groups is 1. The van der Waals surface area contributed by atoms with Crippen LogP contribution in [0.1, 0.15) is 57.3 Å². The van der Waals surface area contributed by atoms with Crippen molar-refractivity contribution in [3.05, 3.63) is 45.8 Å². The summed E-state index contributed by atoms with van der Waals surface area (Å²) in [6.07, 6.45) is 3.03. The number of thiophene rings is 1. The van der Waals surface area contributed by atoms with Crippen molar-refractivity contribution in [2.75, 3.05) is 16.8 Å². The first-order valence-electron chi connectivity index (χ1n) is 9.58. The molecule has 150 valence electrons. The van der Waals surface area contributed by atoms with E-state index in [-0.39, 0.29) is 31.3 Å². The van der Waals surface area contributed by atoms with Crippen LogP contribution >= 0.6 is 11.3 Å². The van der Waals surface area contributed by atoms with Crippen molar-refractivity contribution < 1.29 is 23.9 Å². The number of carbonyl (C=O) groups is 4. The molecule has 1 aliphatic carbocycles. The number of ether oxygens (including phenoxy) is 1. The molecule has 1 aromatic heterocycles. The molecular formula is C21H20N2O5S. The molecular weight excluding hydrogens is 392 g/mol. The Balaban J connectivity index is 1.61. The van der Waals surface area contributed by atoms with Gasteiger partial charge in [0.2, 0.25) is 11.8 Å². The first-order chi connectivity index (χ1) is 14.0. The number of esters is 1. The minimum absolute atomic E-state index is 0.179. The molecule has 2 aliphatic rings. The summed E-state index contributed by atoms with van der Waals surface area (Å²) in [7, 11) is 0. The maximum atomic E-state index is 12.9. The van der Waals surface area contributed by atoms with Gasteiger partial charge in [0.1, 0.15) is 5.00 Å². The second-order valence-corrected chi connectivity index (χ2v) is 8.01. The number of aryl methyl sites for hydroxylation is 1. The molecule has 0 radical (unpaired) electrons. The fourth-order valence-corrected chi connectivity index (χ4v) is 5.01. The van der Waals surface area contributed by atoms with Gasteiger partial charge in [-0.15, -0.1) is 11.3 Å². The number of carbonyl (C=O) groups excluding carboxylic acids is 4. The number of fused-ring (bicyclic) bond motifs is 1. The molecule has 0 bridgehead atoms. The minimum Gasteiger partial charge on any atom is -0.462 e. The van der Waals surface area contributed by atoms with E-state index >= 15 is 0 Å². The SMILES string of the molecule is CCOC(=O)c1c(NC(=O)c2cccc(N3C(=O)CCC3=O)c2)sc2c1CCC2. The molecule has 1 aromatic carbocycles. The Bertz CT molecular complexity index is 1010. The molecule has 29 heavy (non-hydrogen) atoms. The van der Waals surface area contributed by atoms with Gasteiger partial charge >= 0.3 is 5.97 Å². The summed E-state index contributed by atoms with van der Waals surface area (Å²) >= 11 is 1.40. The standard InChI is InChI=1S/C21H20N2O5S/c1-2-28-21(27)18-14-7-4-8-15(14)29-20(18)22-19(26)12-5-3-6-13(11-12)23-16(24)9-10-17(23)25/h3,5-6,11H,2,4,7-10H2,1H3,(H,22,26). The van der Waals surface area contributed by atoms with E-state index < -0.39 is 11.9 Å². The summed E-state index contributed by atoms with van der Waals surface area (Å²) in [5, 5.41) is 3.31. The number of benzene rings is 1. The molecule has 1 N–H and O–H groups in total. The topological polar surface area (TPSA) is 92.8 Å². The number of hydrogen-bond donors (Lipinski definition) is 1. The Kier molecular flexibility index (Phi) is 5.19. The van der Waals surface area contributed by atoms with Crippen LogP contribution in [0.4, 0.5) is 10.7 Å². The van der Waals surface area contributed by atoms with Gasteiger partial charge in [0.25, 0.3) is 5.91 Å². The van der Waals surface area contributed by atoms with Crippen LogP contribution in [0.3, 0.4) is 0 Å². The third-order valence-corrected chi connectivity index (χ3v) is 6.25. The first-order valence-corrected chi connectivity index (χ1v) is 10.4. The number of hydrogen-bond acceptors (Lipinski definition) is 6. The molecule has 1 aliphatic heterocycles. The number of anilines is 2. The van der Waals surface area contributed by atoms with Crippen LogP contribution in [0.25, 0.3) is 0 Å². The van der Waals surface area contributed by atoms with Crippen molar-refractivity contribution in [1.29, 1.82) is 0 Å². The summed E-state index contributed by atoms with van der Waals surface area (Å²) in [6.45, 7) is 2.01. The van der Waals surface area contributed by atoms with E-state index in [0.29, 0.717) is 21.8 Å². The molecule has 0 saturated carbocycles. The van der Waals surface area contributed by atoms with Crippen molar-refractivity contribution in [2.45, 2.75) is 39.0 Å². The second-order valence-electron chi connectivity index (χ2n) is 6.91. The van der Waals surface area contributed by atoms with Gasteiger partial charge in [0.15, 0.2) is 0 Å². The molecule has 0 atom stereocenters. The third kappa shape index (κ3) is 3.55. The highest BCUT2D eigenvalue weighted by atomic mass is 32.1. The lowest BCUT2D eigenvalue weighted by molar-refractivity contribution is -0.121. The van der Waals surface area contributed by atoms with Gasteiger partial charge in [-0.1, -0.05) is 6.07 Å². The average Bonchev–Trinajstić information content (AvgIpc) is 3.36. The summed E-state index contributed by atoms with van der Waals surface area (Å²) in [5.74, 6) is -1.38. The van der Waals surface area contributed by atoms with E-state index in [0.717, 1.165) is 34.6 Å². The van der Waals surface area contributed by atoms with Crippen molar-refractivity contribution in [3.63, 3.8) is 0 Å². The van der Waals surface area contributed by atoms with Crippen molar-refractivity contribution in [2.24, 2.45) is 0 Å². The normalized spacial score (nSPS) is 15.6. The fourth-order valence-electron chi connectivity index (χ4n) is 3.74. The van der Waals surface area contributed by atoms with E-state index in [4.69, 9.17) is 4.74 Å². The number of rotatable bonds is 5. The zero-order valence-corrected chi connectivity index (χ0v) is 16.8. The van der Waals surface area contributed by atoms with Crippen molar-refractivity contribution >= 4 is 45.7 Å². The quantitative estimate of drug-likeness (QED) is 0.601. The zero-order valence-electron chi connectivity index (χ0n) is 15.9. The molecule has 2 aromatic rings. The number of nitrogens with zero attached hydrogens (tertiary/aromatic N) is 1. The highest BCUT2D eigenvalue weighted by Crippen LogP contribution is 2.39. The van der Waals surface area contributed by atoms with Crippen LogP contribution in [0.5, 0.6) is 0 Å². The number of nitrogens with one attached hydrogen (secondary N) is 1.